The molecular weight excluding hydrogens is 454 g/mol. The molecule has 10 heteroatoms. The Balaban J connectivity index is 1.38. The van der Waals surface area contributed by atoms with Gasteiger partial charge in [0.05, 0.1) is 35.1 Å². The number of ether oxygens (including phenoxy) is 1. The maximum absolute atomic E-state index is 12.9. The molecule has 0 bridgehead atoms. The first-order valence-electron chi connectivity index (χ1n) is 11.1. The summed E-state index contributed by atoms with van der Waals surface area (Å²) in [4.78, 5) is 19.8. The van der Waals surface area contributed by atoms with Gasteiger partial charge in [-0.15, -0.1) is 5.10 Å². The van der Waals surface area contributed by atoms with Gasteiger partial charge in [0.15, 0.2) is 11.6 Å². The molecule has 0 saturated carbocycles. The first-order valence-corrected chi connectivity index (χ1v) is 11.5. The van der Waals surface area contributed by atoms with Crippen molar-refractivity contribution in [3.8, 4) is 17.1 Å². The molecule has 176 valence electrons. The Kier molecular flexibility index (Phi) is 5.97. The molecule has 1 saturated heterocycles. The fraction of sp³-hybridized carbons (Fsp3) is 0.333. The molecule has 5 rings (SSSR count). The van der Waals surface area contributed by atoms with Gasteiger partial charge in [0, 0.05) is 31.0 Å². The number of nitrogens with zero attached hydrogens (tertiary/aromatic N) is 5. The summed E-state index contributed by atoms with van der Waals surface area (Å²) in [6, 6.07) is 9.25. The molecule has 1 atom stereocenters. The highest BCUT2D eigenvalue weighted by molar-refractivity contribution is 6.38. The number of benzene rings is 2. The number of fused-ring (bicyclic) bond motifs is 1. The monoisotopic (exact) mass is 479 g/mol. The molecule has 2 aromatic carbocycles. The van der Waals surface area contributed by atoms with Gasteiger partial charge in [0.2, 0.25) is 5.95 Å². The average molecular weight is 480 g/mol. The van der Waals surface area contributed by atoms with Crippen molar-refractivity contribution in [2.75, 3.05) is 32.6 Å². The number of anilines is 2. The number of rotatable bonds is 7. The maximum Gasteiger partial charge on any atom is 0.225 e. The van der Waals surface area contributed by atoms with E-state index >= 15 is 0 Å². The Labute approximate surface area is 202 Å². The van der Waals surface area contributed by atoms with E-state index in [1.807, 2.05) is 30.3 Å². The predicted octanol–water partition coefficient (Wildman–Crippen LogP) is 4.29. The SMILES string of the molecule is COc1cc(-c2nc(Nc3ccc4[nH]ncc4c3Cl)n(C)n2)ccc1C(=O)CC1CCN(C)C1. The van der Waals surface area contributed by atoms with Gasteiger partial charge in [-0.25, -0.2) is 4.68 Å². The number of H-pyrrole nitrogens is 1. The van der Waals surface area contributed by atoms with E-state index in [-0.39, 0.29) is 5.78 Å². The lowest BCUT2D eigenvalue weighted by molar-refractivity contribution is 0.0959. The number of carbonyl (C=O) groups excluding carboxylic acids is 1. The summed E-state index contributed by atoms with van der Waals surface area (Å²) >= 11 is 6.53. The average Bonchev–Trinajstić information content (AvgIpc) is 3.56. The van der Waals surface area contributed by atoms with E-state index in [1.165, 1.54) is 0 Å². The number of aromatic amines is 1. The molecule has 9 nitrogen and oxygen atoms in total. The number of methoxy groups -OCH3 is 1. The number of nitrogens with one attached hydrogen (secondary N) is 2. The fourth-order valence-corrected chi connectivity index (χ4v) is 4.70. The first-order chi connectivity index (χ1) is 16.4. The van der Waals surface area contributed by atoms with Gasteiger partial charge >= 0.3 is 0 Å². The molecule has 1 aliphatic heterocycles. The van der Waals surface area contributed by atoms with Crippen LogP contribution in [0.25, 0.3) is 22.3 Å². The quantitative estimate of drug-likeness (QED) is 0.381. The van der Waals surface area contributed by atoms with Crippen LogP contribution in [0, 0.1) is 5.92 Å². The van der Waals surface area contributed by atoms with Crippen molar-refractivity contribution in [3.05, 3.63) is 47.1 Å². The molecule has 4 aromatic rings. The van der Waals surface area contributed by atoms with Crippen molar-refractivity contribution in [3.63, 3.8) is 0 Å². The third kappa shape index (κ3) is 4.24. The number of halogens is 1. The molecule has 1 aliphatic rings. The zero-order valence-electron chi connectivity index (χ0n) is 19.3. The smallest absolute Gasteiger partial charge is 0.225 e. The van der Waals surface area contributed by atoms with Crippen molar-refractivity contribution in [2.45, 2.75) is 12.8 Å². The van der Waals surface area contributed by atoms with Crippen molar-refractivity contribution in [1.82, 2.24) is 29.9 Å². The van der Waals surface area contributed by atoms with Gasteiger partial charge in [-0.2, -0.15) is 10.1 Å². The molecular formula is C24H26ClN7O2. The van der Waals surface area contributed by atoms with E-state index in [4.69, 9.17) is 16.3 Å². The molecule has 3 heterocycles. The lowest BCUT2D eigenvalue weighted by Crippen LogP contribution is -2.16. The summed E-state index contributed by atoms with van der Waals surface area (Å²) in [5, 5.41) is 16.1. The Morgan fingerprint density at radius 2 is 2.15 bits per heavy atom. The van der Waals surface area contributed by atoms with Crippen LogP contribution in [0.1, 0.15) is 23.2 Å². The molecule has 2 aromatic heterocycles. The normalized spacial score (nSPS) is 16.3. The van der Waals surface area contributed by atoms with Gasteiger partial charge in [-0.1, -0.05) is 17.7 Å². The highest BCUT2D eigenvalue weighted by Crippen LogP contribution is 2.33. The van der Waals surface area contributed by atoms with Crippen LogP contribution in [0.3, 0.4) is 0 Å². The Hall–Kier alpha value is -3.43. The topological polar surface area (TPSA) is 101 Å². The zero-order chi connectivity index (χ0) is 23.8. The second-order valence-corrected chi connectivity index (χ2v) is 9.10. The summed E-state index contributed by atoms with van der Waals surface area (Å²) < 4.78 is 7.21. The van der Waals surface area contributed by atoms with Crippen LogP contribution in [-0.4, -0.2) is 62.9 Å². The summed E-state index contributed by atoms with van der Waals surface area (Å²) in [6.45, 7) is 1.99. The van der Waals surface area contributed by atoms with E-state index < -0.39 is 0 Å². The van der Waals surface area contributed by atoms with Crippen LogP contribution >= 0.6 is 11.6 Å². The van der Waals surface area contributed by atoms with Crippen LogP contribution in [0.5, 0.6) is 5.75 Å². The number of hydrogen-bond donors (Lipinski definition) is 2. The highest BCUT2D eigenvalue weighted by atomic mass is 35.5. The van der Waals surface area contributed by atoms with E-state index in [9.17, 15) is 4.79 Å². The van der Waals surface area contributed by atoms with E-state index in [0.29, 0.717) is 46.1 Å². The minimum atomic E-state index is 0.101. The van der Waals surface area contributed by atoms with Gasteiger partial charge in [0.1, 0.15) is 5.75 Å². The second kappa shape index (κ2) is 9.08. The maximum atomic E-state index is 12.9. The lowest BCUT2D eigenvalue weighted by atomic mass is 9.96. The third-order valence-corrected chi connectivity index (χ3v) is 6.70. The summed E-state index contributed by atoms with van der Waals surface area (Å²) in [7, 11) is 5.47. The number of carbonyl (C=O) groups is 1. The Morgan fingerprint density at radius 3 is 2.91 bits per heavy atom. The molecule has 0 amide bonds. The molecule has 2 N–H and O–H groups in total. The van der Waals surface area contributed by atoms with Crippen molar-refractivity contribution in [1.29, 1.82) is 0 Å². The van der Waals surface area contributed by atoms with E-state index in [1.54, 1.807) is 25.0 Å². The minimum Gasteiger partial charge on any atom is -0.496 e. The number of Topliss-reactive ketones (excluding diaryl/α,β-unsaturated/α-hetero) is 1. The second-order valence-electron chi connectivity index (χ2n) is 8.73. The van der Waals surface area contributed by atoms with Crippen molar-refractivity contribution in [2.24, 2.45) is 13.0 Å². The minimum absolute atomic E-state index is 0.101. The first kappa shape index (κ1) is 22.4. The van der Waals surface area contributed by atoms with Crippen molar-refractivity contribution >= 4 is 39.9 Å². The van der Waals surface area contributed by atoms with E-state index in [0.717, 1.165) is 36.0 Å². The number of hydrogen-bond acceptors (Lipinski definition) is 7. The molecule has 0 radical (unpaired) electrons. The van der Waals surface area contributed by atoms with Gasteiger partial charge in [-0.05, 0) is 50.2 Å². The van der Waals surface area contributed by atoms with Gasteiger partial charge in [0.25, 0.3) is 0 Å². The molecule has 0 spiro atoms. The summed E-state index contributed by atoms with van der Waals surface area (Å²) in [5.41, 5.74) is 2.91. The van der Waals surface area contributed by atoms with Crippen molar-refractivity contribution < 1.29 is 9.53 Å². The van der Waals surface area contributed by atoms with Crippen LogP contribution < -0.4 is 10.1 Å². The lowest BCUT2D eigenvalue weighted by Gasteiger charge is -2.12. The largest absolute Gasteiger partial charge is 0.496 e. The summed E-state index contributed by atoms with van der Waals surface area (Å²) in [6.07, 6.45) is 3.26. The summed E-state index contributed by atoms with van der Waals surface area (Å²) in [5.74, 6) is 2.07. The third-order valence-electron chi connectivity index (χ3n) is 6.29. The van der Waals surface area contributed by atoms with Crippen LogP contribution in [0.4, 0.5) is 11.6 Å². The molecule has 1 unspecified atom stereocenters. The number of aryl methyl sites for hydroxylation is 1. The zero-order valence-corrected chi connectivity index (χ0v) is 20.1. The van der Waals surface area contributed by atoms with E-state index in [2.05, 4.69) is 37.5 Å². The molecule has 34 heavy (non-hydrogen) atoms. The van der Waals surface area contributed by atoms with Gasteiger partial charge < -0.3 is 15.0 Å². The van der Waals surface area contributed by atoms with Crippen LogP contribution in [0.2, 0.25) is 5.02 Å². The molecule has 1 fully saturated rings. The van der Waals surface area contributed by atoms with Crippen LogP contribution in [0.15, 0.2) is 36.5 Å². The standard InChI is InChI=1S/C24H26ClN7O2/c1-31-9-8-14(13-31)10-20(33)16-5-4-15(11-21(16)34-3)23-28-24(32(2)30-23)27-19-7-6-18-17(22(19)25)12-26-29-18/h4-7,11-12,14H,8-10,13H2,1-3H3,(H,26,29)(H,27,28,30). The fourth-order valence-electron chi connectivity index (χ4n) is 4.44. The molecule has 0 aliphatic carbocycles. The number of ketones is 1. The Bertz CT molecular complexity index is 1360. The highest BCUT2D eigenvalue weighted by Gasteiger charge is 2.24. The number of likely N-dealkylation sites (tertiary alicyclic amines) is 1. The van der Waals surface area contributed by atoms with Crippen LogP contribution in [-0.2, 0) is 7.05 Å². The Morgan fingerprint density at radius 1 is 1.29 bits per heavy atom. The number of aromatic nitrogens is 5. The predicted molar refractivity (Wildman–Crippen MR) is 132 cm³/mol. The van der Waals surface area contributed by atoms with Gasteiger partial charge in [-0.3, -0.25) is 9.89 Å².